The van der Waals surface area contributed by atoms with Crippen molar-refractivity contribution in [1.82, 2.24) is 0 Å². The highest BCUT2D eigenvalue weighted by molar-refractivity contribution is 9.10. The van der Waals surface area contributed by atoms with Gasteiger partial charge in [-0.25, -0.2) is 0 Å². The van der Waals surface area contributed by atoms with Gasteiger partial charge in [0.2, 0.25) is 0 Å². The Morgan fingerprint density at radius 1 is 0.480 bits per heavy atom. The summed E-state index contributed by atoms with van der Waals surface area (Å²) in [7, 11) is 0. The van der Waals surface area contributed by atoms with Crippen LogP contribution in [0.4, 0.5) is 0 Å². The lowest BCUT2D eigenvalue weighted by Crippen LogP contribution is -1.86. The summed E-state index contributed by atoms with van der Waals surface area (Å²) in [5.74, 6) is 0. The largest absolute Gasteiger partial charge is 0.0616 e. The Morgan fingerprint density at radius 2 is 1.20 bits per heavy atom. The third kappa shape index (κ3) is 2.35. The van der Waals surface area contributed by atoms with Crippen molar-refractivity contribution in [2.45, 2.75) is 0 Å². The molecular formula is C24H15Br. The van der Waals surface area contributed by atoms with Crippen molar-refractivity contribution in [2.24, 2.45) is 0 Å². The molecule has 1 heteroatoms. The SMILES string of the molecule is Brc1cccc2c(-c3ccc4ccccc4c3)c3ccccc3cc12. The van der Waals surface area contributed by atoms with Gasteiger partial charge in [-0.3, -0.25) is 0 Å². The molecule has 0 aliphatic rings. The number of halogens is 1. The van der Waals surface area contributed by atoms with Crippen molar-refractivity contribution >= 4 is 48.2 Å². The van der Waals surface area contributed by atoms with E-state index in [1.807, 2.05) is 0 Å². The molecule has 5 rings (SSSR count). The van der Waals surface area contributed by atoms with E-state index in [4.69, 9.17) is 0 Å². The fraction of sp³-hybridized carbons (Fsp3) is 0. The fourth-order valence-corrected chi connectivity index (χ4v) is 4.19. The van der Waals surface area contributed by atoms with E-state index < -0.39 is 0 Å². The minimum atomic E-state index is 1.14. The van der Waals surface area contributed by atoms with Gasteiger partial charge in [0.15, 0.2) is 0 Å². The maximum absolute atomic E-state index is 3.73. The fourth-order valence-electron chi connectivity index (χ4n) is 3.71. The van der Waals surface area contributed by atoms with Crippen LogP contribution in [-0.2, 0) is 0 Å². The van der Waals surface area contributed by atoms with E-state index in [2.05, 4.69) is 107 Å². The van der Waals surface area contributed by atoms with Crippen molar-refractivity contribution in [3.05, 3.63) is 95.5 Å². The molecule has 25 heavy (non-hydrogen) atoms. The topological polar surface area (TPSA) is 0 Å². The lowest BCUT2D eigenvalue weighted by atomic mass is 9.91. The van der Waals surface area contributed by atoms with Crippen LogP contribution < -0.4 is 0 Å². The van der Waals surface area contributed by atoms with Gasteiger partial charge in [0.1, 0.15) is 0 Å². The second-order valence-electron chi connectivity index (χ2n) is 6.37. The summed E-state index contributed by atoms with van der Waals surface area (Å²) in [6.45, 7) is 0. The Balaban J connectivity index is 1.96. The van der Waals surface area contributed by atoms with Crippen molar-refractivity contribution in [3.8, 4) is 11.1 Å². The first-order valence-electron chi connectivity index (χ1n) is 8.40. The van der Waals surface area contributed by atoms with Crippen LogP contribution in [0.15, 0.2) is 95.5 Å². The van der Waals surface area contributed by atoms with Crippen LogP contribution in [0.3, 0.4) is 0 Å². The Kier molecular flexibility index (Phi) is 3.36. The molecule has 0 amide bonds. The van der Waals surface area contributed by atoms with E-state index in [1.54, 1.807) is 0 Å². The van der Waals surface area contributed by atoms with Gasteiger partial charge in [-0.2, -0.15) is 0 Å². The lowest BCUT2D eigenvalue weighted by Gasteiger charge is -2.13. The van der Waals surface area contributed by atoms with Gasteiger partial charge in [0.25, 0.3) is 0 Å². The van der Waals surface area contributed by atoms with E-state index in [1.165, 1.54) is 43.4 Å². The van der Waals surface area contributed by atoms with Crippen LogP contribution in [0.5, 0.6) is 0 Å². The summed E-state index contributed by atoms with van der Waals surface area (Å²) in [6, 6.07) is 32.7. The quantitative estimate of drug-likeness (QED) is 0.262. The molecule has 0 saturated heterocycles. The molecule has 118 valence electrons. The Morgan fingerprint density at radius 3 is 2.08 bits per heavy atom. The molecule has 0 nitrogen and oxygen atoms in total. The maximum atomic E-state index is 3.73. The molecule has 0 N–H and O–H groups in total. The van der Waals surface area contributed by atoms with Gasteiger partial charge in [-0.15, -0.1) is 0 Å². The number of benzene rings is 5. The second-order valence-corrected chi connectivity index (χ2v) is 7.22. The summed E-state index contributed by atoms with van der Waals surface area (Å²) in [5, 5.41) is 7.65. The van der Waals surface area contributed by atoms with Crippen LogP contribution in [-0.4, -0.2) is 0 Å². The van der Waals surface area contributed by atoms with Crippen molar-refractivity contribution < 1.29 is 0 Å². The smallest absolute Gasteiger partial charge is 0.0254 e. The summed E-state index contributed by atoms with van der Waals surface area (Å²) < 4.78 is 1.14. The lowest BCUT2D eigenvalue weighted by molar-refractivity contribution is 1.69. The first-order chi connectivity index (χ1) is 12.3. The van der Waals surface area contributed by atoms with Crippen LogP contribution >= 0.6 is 15.9 Å². The average molecular weight is 383 g/mol. The van der Waals surface area contributed by atoms with Crippen molar-refractivity contribution in [2.75, 3.05) is 0 Å². The van der Waals surface area contributed by atoms with Gasteiger partial charge in [-0.05, 0) is 61.6 Å². The summed E-state index contributed by atoms with van der Waals surface area (Å²) in [4.78, 5) is 0. The third-order valence-corrected chi connectivity index (χ3v) is 5.58. The zero-order chi connectivity index (χ0) is 16.8. The van der Waals surface area contributed by atoms with Crippen LogP contribution in [0.25, 0.3) is 43.4 Å². The van der Waals surface area contributed by atoms with Crippen molar-refractivity contribution in [3.63, 3.8) is 0 Å². The second kappa shape index (κ2) is 5.72. The molecule has 5 aromatic carbocycles. The van der Waals surface area contributed by atoms with E-state index in [-0.39, 0.29) is 0 Å². The highest BCUT2D eigenvalue weighted by atomic mass is 79.9. The average Bonchev–Trinajstić information content (AvgIpc) is 2.66. The number of rotatable bonds is 1. The Labute approximate surface area is 154 Å². The van der Waals surface area contributed by atoms with E-state index in [0.29, 0.717) is 0 Å². The first-order valence-corrected chi connectivity index (χ1v) is 9.20. The predicted molar refractivity (Wildman–Crippen MR) is 112 cm³/mol. The van der Waals surface area contributed by atoms with E-state index in [9.17, 15) is 0 Å². The van der Waals surface area contributed by atoms with Crippen molar-refractivity contribution in [1.29, 1.82) is 0 Å². The Hall–Kier alpha value is -2.64. The molecule has 0 atom stereocenters. The summed E-state index contributed by atoms with van der Waals surface area (Å²) in [6.07, 6.45) is 0. The molecule has 5 aromatic rings. The highest BCUT2D eigenvalue weighted by Crippen LogP contribution is 2.39. The molecule has 0 heterocycles. The molecule has 0 saturated carbocycles. The Bertz CT molecular complexity index is 1250. The molecule has 0 aromatic heterocycles. The summed E-state index contributed by atoms with van der Waals surface area (Å²) in [5.41, 5.74) is 2.57. The molecule has 0 aliphatic heterocycles. The zero-order valence-electron chi connectivity index (χ0n) is 13.5. The van der Waals surface area contributed by atoms with Crippen LogP contribution in [0, 0.1) is 0 Å². The molecule has 0 spiro atoms. The number of hydrogen-bond donors (Lipinski definition) is 0. The van der Waals surface area contributed by atoms with Gasteiger partial charge >= 0.3 is 0 Å². The summed E-state index contributed by atoms with van der Waals surface area (Å²) >= 11 is 3.73. The van der Waals surface area contributed by atoms with Crippen LogP contribution in [0.1, 0.15) is 0 Å². The normalized spacial score (nSPS) is 11.4. The monoisotopic (exact) mass is 382 g/mol. The van der Waals surface area contributed by atoms with Gasteiger partial charge in [0.05, 0.1) is 0 Å². The zero-order valence-corrected chi connectivity index (χ0v) is 15.1. The van der Waals surface area contributed by atoms with Gasteiger partial charge < -0.3 is 0 Å². The molecule has 0 radical (unpaired) electrons. The molecular weight excluding hydrogens is 368 g/mol. The van der Waals surface area contributed by atoms with E-state index >= 15 is 0 Å². The minimum Gasteiger partial charge on any atom is -0.0616 e. The highest BCUT2D eigenvalue weighted by Gasteiger charge is 2.11. The molecule has 0 fully saturated rings. The third-order valence-electron chi connectivity index (χ3n) is 4.89. The van der Waals surface area contributed by atoms with Crippen LogP contribution in [0.2, 0.25) is 0 Å². The standard InChI is InChI=1S/C24H15Br/c25-23-11-5-10-21-22(23)15-18-8-3-4-9-20(18)24(21)19-13-12-16-6-1-2-7-17(16)14-19/h1-15H. The van der Waals surface area contributed by atoms with Gasteiger partial charge in [0, 0.05) is 4.47 Å². The van der Waals surface area contributed by atoms with Gasteiger partial charge in [-0.1, -0.05) is 88.7 Å². The number of hydrogen-bond acceptors (Lipinski definition) is 0. The maximum Gasteiger partial charge on any atom is 0.0254 e. The minimum absolute atomic E-state index is 1.14. The number of fused-ring (bicyclic) bond motifs is 3. The van der Waals surface area contributed by atoms with E-state index in [0.717, 1.165) is 4.47 Å². The molecule has 0 bridgehead atoms. The molecule has 0 unspecified atom stereocenters. The first kappa shape index (κ1) is 14.7. The molecule has 0 aliphatic carbocycles. The predicted octanol–water partition coefficient (Wildman–Crippen LogP) is 7.58.